The number of nitrogens with zero attached hydrogens (tertiary/aromatic N) is 1. The molecule has 0 saturated heterocycles. The Morgan fingerprint density at radius 3 is 2.34 bits per heavy atom. The first-order valence-electron chi connectivity index (χ1n) is 10.7. The minimum absolute atomic E-state index is 0.117. The first-order valence-corrected chi connectivity index (χ1v) is 10.7. The number of amides is 2. The Labute approximate surface area is 188 Å². The maximum absolute atomic E-state index is 13.4. The summed E-state index contributed by atoms with van der Waals surface area (Å²) in [6.07, 6.45) is 5.52. The van der Waals surface area contributed by atoms with Crippen LogP contribution in [-0.2, 0) is 16.0 Å². The summed E-state index contributed by atoms with van der Waals surface area (Å²) in [7, 11) is 0. The standard InChI is InChI=1S/C25H31N3O4/c1-4-9-20(25(31)28-32)21(14-17(2)3)24(30)27-22(15-18-10-6-5-7-11-18)23(29)19-12-8-13-26-16-19/h4-8,10-13,16-17,20-22,32H,1,9,14-15H2,2-3H3,(H,27,30)(H,28,31)/t20-,21-,22?/m1/s1. The Morgan fingerprint density at radius 2 is 1.78 bits per heavy atom. The highest BCUT2D eigenvalue weighted by Crippen LogP contribution is 2.25. The second kappa shape index (κ2) is 12.5. The van der Waals surface area contributed by atoms with Crippen molar-refractivity contribution in [3.8, 4) is 0 Å². The van der Waals surface area contributed by atoms with E-state index < -0.39 is 29.7 Å². The molecule has 3 atom stereocenters. The van der Waals surface area contributed by atoms with Crippen molar-refractivity contribution in [2.45, 2.75) is 39.2 Å². The zero-order chi connectivity index (χ0) is 23.5. The molecule has 0 radical (unpaired) electrons. The van der Waals surface area contributed by atoms with Crippen molar-refractivity contribution in [2.24, 2.45) is 17.8 Å². The average Bonchev–Trinajstić information content (AvgIpc) is 2.81. The summed E-state index contributed by atoms with van der Waals surface area (Å²) in [6.45, 7) is 7.57. The van der Waals surface area contributed by atoms with E-state index in [1.165, 1.54) is 6.20 Å². The molecule has 170 valence electrons. The van der Waals surface area contributed by atoms with Crippen LogP contribution in [0.4, 0.5) is 0 Å². The highest BCUT2D eigenvalue weighted by molar-refractivity contribution is 6.02. The number of hydrogen-bond acceptors (Lipinski definition) is 5. The van der Waals surface area contributed by atoms with E-state index >= 15 is 0 Å². The second-order valence-corrected chi connectivity index (χ2v) is 8.20. The minimum Gasteiger partial charge on any atom is -0.345 e. The van der Waals surface area contributed by atoms with Gasteiger partial charge in [-0.3, -0.25) is 24.6 Å². The third kappa shape index (κ3) is 7.13. The van der Waals surface area contributed by atoms with Crippen LogP contribution in [0.2, 0.25) is 0 Å². The van der Waals surface area contributed by atoms with Crippen LogP contribution >= 0.6 is 0 Å². The number of nitrogens with one attached hydrogen (secondary N) is 2. The fourth-order valence-electron chi connectivity index (χ4n) is 3.73. The number of hydroxylamine groups is 1. The van der Waals surface area contributed by atoms with Crippen LogP contribution in [0, 0.1) is 17.8 Å². The van der Waals surface area contributed by atoms with Crippen molar-refractivity contribution in [2.75, 3.05) is 0 Å². The lowest BCUT2D eigenvalue weighted by Crippen LogP contribution is -2.48. The maximum Gasteiger partial charge on any atom is 0.247 e. The highest BCUT2D eigenvalue weighted by atomic mass is 16.5. The number of carbonyl (C=O) groups excluding carboxylic acids is 3. The van der Waals surface area contributed by atoms with Gasteiger partial charge in [-0.05, 0) is 36.5 Å². The van der Waals surface area contributed by atoms with Crippen LogP contribution in [0.15, 0.2) is 67.5 Å². The van der Waals surface area contributed by atoms with Gasteiger partial charge in [0.05, 0.1) is 17.9 Å². The van der Waals surface area contributed by atoms with Crippen LogP contribution in [-0.4, -0.2) is 33.8 Å². The summed E-state index contributed by atoms with van der Waals surface area (Å²) in [5, 5.41) is 12.1. The molecule has 0 spiro atoms. The number of rotatable bonds is 12. The molecule has 7 nitrogen and oxygen atoms in total. The van der Waals surface area contributed by atoms with E-state index in [1.807, 2.05) is 44.2 Å². The van der Waals surface area contributed by atoms with Gasteiger partial charge in [0.2, 0.25) is 11.8 Å². The molecule has 0 aliphatic carbocycles. The molecule has 1 aromatic carbocycles. The van der Waals surface area contributed by atoms with Crippen LogP contribution in [0.3, 0.4) is 0 Å². The van der Waals surface area contributed by atoms with Gasteiger partial charge in [0.15, 0.2) is 5.78 Å². The summed E-state index contributed by atoms with van der Waals surface area (Å²) >= 11 is 0. The van der Waals surface area contributed by atoms with Crippen molar-refractivity contribution in [3.63, 3.8) is 0 Å². The predicted molar refractivity (Wildman–Crippen MR) is 122 cm³/mol. The van der Waals surface area contributed by atoms with Gasteiger partial charge in [0.25, 0.3) is 0 Å². The number of Topliss-reactive ketones (excluding diaryl/α,β-unsaturated/α-hetero) is 1. The predicted octanol–water partition coefficient (Wildman–Crippen LogP) is 3.35. The molecule has 3 N–H and O–H groups in total. The molecule has 2 amide bonds. The monoisotopic (exact) mass is 437 g/mol. The zero-order valence-corrected chi connectivity index (χ0v) is 18.5. The van der Waals surface area contributed by atoms with Gasteiger partial charge < -0.3 is 5.32 Å². The largest absolute Gasteiger partial charge is 0.345 e. The summed E-state index contributed by atoms with van der Waals surface area (Å²) in [4.78, 5) is 42.9. The number of allylic oxidation sites excluding steroid dienone is 1. The van der Waals surface area contributed by atoms with Crippen molar-refractivity contribution < 1.29 is 19.6 Å². The quantitative estimate of drug-likeness (QED) is 0.204. The molecule has 2 rings (SSSR count). The molecule has 0 fully saturated rings. The van der Waals surface area contributed by atoms with Gasteiger partial charge in [-0.15, -0.1) is 6.58 Å². The summed E-state index contributed by atoms with van der Waals surface area (Å²) in [5.41, 5.74) is 2.95. The third-order valence-corrected chi connectivity index (χ3v) is 5.28. The molecule has 32 heavy (non-hydrogen) atoms. The van der Waals surface area contributed by atoms with E-state index in [4.69, 9.17) is 0 Å². The van der Waals surface area contributed by atoms with Crippen LogP contribution in [0.25, 0.3) is 0 Å². The fourth-order valence-corrected chi connectivity index (χ4v) is 3.73. The Kier molecular flexibility index (Phi) is 9.76. The molecule has 1 heterocycles. The lowest BCUT2D eigenvalue weighted by atomic mass is 9.81. The minimum atomic E-state index is -0.828. The number of pyridine rings is 1. The Bertz CT molecular complexity index is 900. The van der Waals surface area contributed by atoms with Crippen LogP contribution < -0.4 is 10.8 Å². The number of hydrogen-bond donors (Lipinski definition) is 3. The van der Waals surface area contributed by atoms with E-state index in [1.54, 1.807) is 29.9 Å². The molecule has 0 aliphatic heterocycles. The highest BCUT2D eigenvalue weighted by Gasteiger charge is 2.35. The fraction of sp³-hybridized carbons (Fsp3) is 0.360. The van der Waals surface area contributed by atoms with Crippen molar-refractivity contribution in [1.29, 1.82) is 0 Å². The molecule has 1 aromatic heterocycles. The lowest BCUT2D eigenvalue weighted by Gasteiger charge is -2.28. The Balaban J connectivity index is 2.34. The maximum atomic E-state index is 13.4. The molecule has 2 aromatic rings. The van der Waals surface area contributed by atoms with Crippen LogP contribution in [0.1, 0.15) is 42.6 Å². The number of aromatic nitrogens is 1. The van der Waals surface area contributed by atoms with Crippen molar-refractivity contribution >= 4 is 17.6 Å². The Morgan fingerprint density at radius 1 is 1.06 bits per heavy atom. The molecule has 1 unspecified atom stereocenters. The number of benzene rings is 1. The van der Waals surface area contributed by atoms with Gasteiger partial charge in [-0.25, -0.2) is 5.48 Å². The topological polar surface area (TPSA) is 108 Å². The molecule has 0 aliphatic rings. The first-order chi connectivity index (χ1) is 15.4. The first kappa shape index (κ1) is 24.9. The third-order valence-electron chi connectivity index (χ3n) is 5.28. The van der Waals surface area contributed by atoms with Gasteiger partial charge in [-0.2, -0.15) is 0 Å². The average molecular weight is 438 g/mol. The Hall–Kier alpha value is -3.32. The smallest absolute Gasteiger partial charge is 0.247 e. The molecule has 7 heteroatoms. The SMILES string of the molecule is C=CC[C@@H](C(=O)NO)[C@@H](CC(C)C)C(=O)NC(Cc1ccccc1)C(=O)c1cccnc1. The molecular formula is C25H31N3O4. The zero-order valence-electron chi connectivity index (χ0n) is 18.5. The van der Waals surface area contributed by atoms with Crippen molar-refractivity contribution in [3.05, 3.63) is 78.6 Å². The van der Waals surface area contributed by atoms with Crippen LogP contribution in [0.5, 0.6) is 0 Å². The van der Waals surface area contributed by atoms with Crippen molar-refractivity contribution in [1.82, 2.24) is 15.8 Å². The van der Waals surface area contributed by atoms with Gasteiger partial charge in [0, 0.05) is 24.4 Å². The van der Waals surface area contributed by atoms with E-state index in [9.17, 15) is 19.6 Å². The normalized spacial score (nSPS) is 13.6. The van der Waals surface area contributed by atoms with E-state index in [2.05, 4.69) is 16.9 Å². The second-order valence-electron chi connectivity index (χ2n) is 8.20. The van der Waals surface area contributed by atoms with Gasteiger partial charge in [-0.1, -0.05) is 50.3 Å². The van der Waals surface area contributed by atoms with E-state index in [-0.39, 0.29) is 18.1 Å². The van der Waals surface area contributed by atoms with E-state index in [0.29, 0.717) is 18.4 Å². The van der Waals surface area contributed by atoms with Gasteiger partial charge >= 0.3 is 0 Å². The lowest BCUT2D eigenvalue weighted by molar-refractivity contribution is -0.140. The molecular weight excluding hydrogens is 406 g/mol. The van der Waals surface area contributed by atoms with Gasteiger partial charge in [0.1, 0.15) is 0 Å². The number of ketones is 1. The summed E-state index contributed by atoms with van der Waals surface area (Å²) in [5.74, 6) is -2.74. The van der Waals surface area contributed by atoms with E-state index in [0.717, 1.165) is 5.56 Å². The summed E-state index contributed by atoms with van der Waals surface area (Å²) < 4.78 is 0. The molecule has 0 saturated carbocycles. The summed E-state index contributed by atoms with van der Waals surface area (Å²) in [6, 6.07) is 11.9. The molecule has 0 bridgehead atoms. The number of carbonyl (C=O) groups is 3.